The highest BCUT2D eigenvalue weighted by molar-refractivity contribution is 5.17. The second-order valence-electron chi connectivity index (χ2n) is 5.63. The van der Waals surface area contributed by atoms with E-state index in [0.29, 0.717) is 0 Å². The topological polar surface area (TPSA) is 15.7 Å². The Morgan fingerprint density at radius 3 is 2.63 bits per heavy atom. The van der Waals surface area contributed by atoms with E-state index in [0.717, 1.165) is 32.7 Å². The molecule has 0 radical (unpaired) electrons. The second kappa shape index (κ2) is 6.51. The van der Waals surface area contributed by atoms with Gasteiger partial charge in [-0.25, -0.2) is 0 Å². The highest BCUT2D eigenvalue weighted by Crippen LogP contribution is 2.25. The first kappa shape index (κ1) is 14.5. The van der Waals surface area contributed by atoms with E-state index in [1.807, 2.05) is 0 Å². The van der Waals surface area contributed by atoms with Gasteiger partial charge in [-0.2, -0.15) is 0 Å². The molecule has 1 atom stereocenters. The summed E-state index contributed by atoms with van der Waals surface area (Å²) in [7, 11) is 4.25. The number of nitrogens with zero attached hydrogens (tertiary/aromatic N) is 2. The van der Waals surface area contributed by atoms with Crippen molar-refractivity contribution in [1.29, 1.82) is 0 Å². The maximum atomic E-state index is 6.19. The van der Waals surface area contributed by atoms with E-state index in [1.165, 1.54) is 12.0 Å². The quantitative estimate of drug-likeness (QED) is 0.809. The van der Waals surface area contributed by atoms with Crippen molar-refractivity contribution in [3.05, 3.63) is 35.9 Å². The minimum atomic E-state index is -0.186. The Morgan fingerprint density at radius 1 is 1.26 bits per heavy atom. The Hall–Kier alpha value is -0.900. The van der Waals surface area contributed by atoms with E-state index in [1.54, 1.807) is 0 Å². The molecule has 1 aliphatic heterocycles. The number of hydrogen-bond donors (Lipinski definition) is 0. The summed E-state index contributed by atoms with van der Waals surface area (Å²) in [6, 6.07) is 10.6. The molecule has 3 heteroatoms. The van der Waals surface area contributed by atoms with Crippen LogP contribution >= 0.6 is 0 Å². The lowest BCUT2D eigenvalue weighted by Gasteiger charge is -2.47. The van der Waals surface area contributed by atoms with Crippen molar-refractivity contribution in [3.8, 4) is 0 Å². The average Bonchev–Trinajstić information content (AvgIpc) is 2.40. The van der Waals surface area contributed by atoms with Gasteiger partial charge < -0.3 is 4.74 Å². The zero-order chi connectivity index (χ0) is 13.7. The van der Waals surface area contributed by atoms with Crippen molar-refractivity contribution in [2.75, 3.05) is 40.3 Å². The Morgan fingerprint density at radius 2 is 2.00 bits per heavy atom. The van der Waals surface area contributed by atoms with Gasteiger partial charge in [0.25, 0.3) is 0 Å². The normalized spacial score (nSPS) is 24.8. The maximum absolute atomic E-state index is 6.19. The monoisotopic (exact) mass is 262 g/mol. The highest BCUT2D eigenvalue weighted by atomic mass is 16.5. The molecule has 1 aromatic carbocycles. The van der Waals surface area contributed by atoms with Crippen molar-refractivity contribution in [3.63, 3.8) is 0 Å². The van der Waals surface area contributed by atoms with Crippen LogP contribution in [-0.4, -0.2) is 55.9 Å². The molecule has 0 spiro atoms. The van der Waals surface area contributed by atoms with Gasteiger partial charge in [0.05, 0.1) is 6.61 Å². The number of likely N-dealkylation sites (N-methyl/N-ethyl adjacent to an activating group) is 1. The minimum absolute atomic E-state index is 0.186. The Kier molecular flexibility index (Phi) is 4.97. The summed E-state index contributed by atoms with van der Waals surface area (Å²) in [6.45, 7) is 6.27. The first-order valence-electron chi connectivity index (χ1n) is 7.24. The SMILES string of the molecule is CCCN1CCOC(Cc2ccccc2)(N(C)C)C1. The summed E-state index contributed by atoms with van der Waals surface area (Å²) in [5.74, 6) is 0. The summed E-state index contributed by atoms with van der Waals surface area (Å²) >= 11 is 0. The van der Waals surface area contributed by atoms with Crippen LogP contribution in [0.2, 0.25) is 0 Å². The predicted octanol–water partition coefficient (Wildman–Crippen LogP) is 2.23. The van der Waals surface area contributed by atoms with Crippen LogP contribution in [0.4, 0.5) is 0 Å². The van der Waals surface area contributed by atoms with Crippen molar-refractivity contribution in [2.24, 2.45) is 0 Å². The molecule has 0 aromatic heterocycles. The molecule has 0 aliphatic carbocycles. The Bertz CT molecular complexity index is 378. The minimum Gasteiger partial charge on any atom is -0.357 e. The summed E-state index contributed by atoms with van der Waals surface area (Å²) in [6.07, 6.45) is 2.15. The van der Waals surface area contributed by atoms with Gasteiger partial charge in [0, 0.05) is 19.5 Å². The Labute approximate surface area is 117 Å². The lowest BCUT2D eigenvalue weighted by atomic mass is 9.99. The molecule has 1 unspecified atom stereocenters. The van der Waals surface area contributed by atoms with E-state index in [4.69, 9.17) is 4.74 Å². The summed E-state index contributed by atoms with van der Waals surface area (Å²) in [5, 5.41) is 0. The Balaban J connectivity index is 2.13. The van der Waals surface area contributed by atoms with Crippen molar-refractivity contribution < 1.29 is 4.74 Å². The third kappa shape index (κ3) is 3.56. The van der Waals surface area contributed by atoms with Crippen LogP contribution < -0.4 is 0 Å². The van der Waals surface area contributed by atoms with Crippen LogP contribution in [0.15, 0.2) is 30.3 Å². The van der Waals surface area contributed by atoms with E-state index >= 15 is 0 Å². The fourth-order valence-corrected chi connectivity index (χ4v) is 2.80. The van der Waals surface area contributed by atoms with Gasteiger partial charge in [0.1, 0.15) is 5.72 Å². The molecule has 0 N–H and O–H groups in total. The van der Waals surface area contributed by atoms with Crippen molar-refractivity contribution in [2.45, 2.75) is 25.5 Å². The zero-order valence-electron chi connectivity index (χ0n) is 12.4. The standard InChI is InChI=1S/C16H26N2O/c1-4-10-18-11-12-19-16(14-18,17(2)3)13-15-8-6-5-7-9-15/h5-9H,4,10-14H2,1-3H3. The molecule has 1 aliphatic rings. The van der Waals surface area contributed by atoms with Crippen LogP contribution in [0.5, 0.6) is 0 Å². The van der Waals surface area contributed by atoms with Gasteiger partial charge in [-0.05, 0) is 32.6 Å². The molecule has 1 aromatic rings. The fraction of sp³-hybridized carbons (Fsp3) is 0.625. The van der Waals surface area contributed by atoms with Gasteiger partial charge in [-0.15, -0.1) is 0 Å². The van der Waals surface area contributed by atoms with Gasteiger partial charge in [0.2, 0.25) is 0 Å². The molecule has 0 bridgehead atoms. The van der Waals surface area contributed by atoms with Crippen LogP contribution in [0.25, 0.3) is 0 Å². The van der Waals surface area contributed by atoms with Crippen molar-refractivity contribution in [1.82, 2.24) is 9.80 Å². The molecular weight excluding hydrogens is 236 g/mol. The lowest BCUT2D eigenvalue weighted by Crippen LogP contribution is -2.60. The van der Waals surface area contributed by atoms with E-state index in [2.05, 4.69) is 61.2 Å². The number of hydrogen-bond acceptors (Lipinski definition) is 3. The lowest BCUT2D eigenvalue weighted by molar-refractivity contribution is -0.182. The van der Waals surface area contributed by atoms with Gasteiger partial charge >= 0.3 is 0 Å². The first-order valence-corrected chi connectivity index (χ1v) is 7.24. The maximum Gasteiger partial charge on any atom is 0.138 e. The third-order valence-electron chi connectivity index (χ3n) is 3.93. The molecule has 2 rings (SSSR count). The average molecular weight is 262 g/mol. The first-order chi connectivity index (χ1) is 9.16. The van der Waals surface area contributed by atoms with E-state index < -0.39 is 0 Å². The number of morpholine rings is 1. The summed E-state index contributed by atoms with van der Waals surface area (Å²) in [4.78, 5) is 4.76. The summed E-state index contributed by atoms with van der Waals surface area (Å²) in [5.41, 5.74) is 1.16. The number of rotatable bonds is 5. The molecule has 1 heterocycles. The highest BCUT2D eigenvalue weighted by Gasteiger charge is 2.38. The van der Waals surface area contributed by atoms with Gasteiger partial charge in [-0.3, -0.25) is 9.80 Å². The summed E-state index contributed by atoms with van der Waals surface area (Å²) < 4.78 is 6.19. The van der Waals surface area contributed by atoms with Crippen LogP contribution in [0.1, 0.15) is 18.9 Å². The largest absolute Gasteiger partial charge is 0.357 e. The third-order valence-corrected chi connectivity index (χ3v) is 3.93. The molecule has 0 saturated carbocycles. The van der Waals surface area contributed by atoms with Crippen LogP contribution in [-0.2, 0) is 11.2 Å². The fourth-order valence-electron chi connectivity index (χ4n) is 2.80. The molecule has 0 amide bonds. The second-order valence-corrected chi connectivity index (χ2v) is 5.63. The van der Waals surface area contributed by atoms with E-state index in [-0.39, 0.29) is 5.72 Å². The van der Waals surface area contributed by atoms with E-state index in [9.17, 15) is 0 Å². The molecule has 1 fully saturated rings. The molecule has 1 saturated heterocycles. The zero-order valence-corrected chi connectivity index (χ0v) is 12.4. The number of ether oxygens (including phenoxy) is 1. The number of benzene rings is 1. The van der Waals surface area contributed by atoms with Crippen LogP contribution in [0, 0.1) is 0 Å². The van der Waals surface area contributed by atoms with Crippen molar-refractivity contribution >= 4 is 0 Å². The molecule has 19 heavy (non-hydrogen) atoms. The van der Waals surface area contributed by atoms with Crippen LogP contribution in [0.3, 0.4) is 0 Å². The molecule has 106 valence electrons. The predicted molar refractivity (Wildman–Crippen MR) is 79.2 cm³/mol. The molecule has 3 nitrogen and oxygen atoms in total. The smallest absolute Gasteiger partial charge is 0.138 e. The molecular formula is C16H26N2O. The van der Waals surface area contributed by atoms with Gasteiger partial charge in [0.15, 0.2) is 0 Å². The van der Waals surface area contributed by atoms with Gasteiger partial charge in [-0.1, -0.05) is 37.3 Å².